The van der Waals surface area contributed by atoms with Gasteiger partial charge in [0.2, 0.25) is 0 Å². The molecule has 1 aromatic heterocycles. The first kappa shape index (κ1) is 13.5. The molecule has 0 radical (unpaired) electrons. The van der Waals surface area contributed by atoms with Crippen LogP contribution in [0.5, 0.6) is 5.75 Å². The summed E-state index contributed by atoms with van der Waals surface area (Å²) in [5, 5.41) is 3.89. The number of aromatic nitrogens is 1. The Morgan fingerprint density at radius 1 is 1.37 bits per heavy atom. The molecule has 19 heavy (non-hydrogen) atoms. The Hall–Kier alpha value is -1.97. The minimum atomic E-state index is 0.475. The Morgan fingerprint density at radius 3 is 2.74 bits per heavy atom. The lowest BCUT2D eigenvalue weighted by molar-refractivity contribution is 0.410. The monoisotopic (exact) mass is 260 g/mol. The summed E-state index contributed by atoms with van der Waals surface area (Å²) in [6.07, 6.45) is 0.848. The molecular weight excluding hydrogens is 240 g/mol. The number of anilines is 1. The van der Waals surface area contributed by atoms with E-state index in [-0.39, 0.29) is 0 Å². The molecule has 0 spiro atoms. The van der Waals surface area contributed by atoms with Crippen molar-refractivity contribution in [2.45, 2.75) is 27.2 Å². The molecule has 0 aliphatic rings. The van der Waals surface area contributed by atoms with E-state index < -0.39 is 0 Å². The summed E-state index contributed by atoms with van der Waals surface area (Å²) in [6, 6.07) is 5.97. The summed E-state index contributed by atoms with van der Waals surface area (Å²) in [7, 11) is 1.66. The second kappa shape index (κ2) is 5.34. The number of aryl methyl sites for hydroxylation is 1. The average molecular weight is 260 g/mol. The van der Waals surface area contributed by atoms with Crippen LogP contribution in [0.3, 0.4) is 0 Å². The topological polar surface area (TPSA) is 61.3 Å². The number of rotatable bonds is 4. The predicted molar refractivity (Wildman–Crippen MR) is 76.2 cm³/mol. The number of ether oxygens (including phenoxy) is 1. The summed E-state index contributed by atoms with van der Waals surface area (Å²) in [6.45, 7) is 6.30. The Bertz CT molecular complexity index is 574. The highest BCUT2D eigenvalue weighted by Crippen LogP contribution is 2.32. The number of nitrogens with two attached hydrogens (primary N) is 1. The predicted octanol–water partition coefficient (Wildman–Crippen LogP) is 3.44. The highest BCUT2D eigenvalue weighted by molar-refractivity contribution is 5.68. The molecular formula is C15H20N2O2. The van der Waals surface area contributed by atoms with Gasteiger partial charge in [0.15, 0.2) is 11.6 Å². The number of hydrogen-bond donors (Lipinski definition) is 1. The van der Waals surface area contributed by atoms with Gasteiger partial charge >= 0.3 is 0 Å². The molecule has 2 rings (SSSR count). The average Bonchev–Trinajstić information content (AvgIpc) is 2.71. The Kier molecular flexibility index (Phi) is 3.79. The van der Waals surface area contributed by atoms with Crippen LogP contribution in [0.1, 0.15) is 25.0 Å². The van der Waals surface area contributed by atoms with E-state index in [2.05, 4.69) is 19.0 Å². The zero-order valence-electron chi connectivity index (χ0n) is 11.9. The second-order valence-corrected chi connectivity index (χ2v) is 5.16. The van der Waals surface area contributed by atoms with Crippen LogP contribution in [0.4, 0.5) is 5.82 Å². The van der Waals surface area contributed by atoms with Gasteiger partial charge in [0.05, 0.1) is 7.11 Å². The smallest absolute Gasteiger partial charge is 0.172 e. The van der Waals surface area contributed by atoms with Crippen molar-refractivity contribution in [1.29, 1.82) is 0 Å². The van der Waals surface area contributed by atoms with Crippen molar-refractivity contribution in [3.63, 3.8) is 0 Å². The zero-order valence-corrected chi connectivity index (χ0v) is 11.9. The lowest BCUT2D eigenvalue weighted by Gasteiger charge is -2.08. The molecule has 4 heteroatoms. The summed E-state index contributed by atoms with van der Waals surface area (Å²) in [5.74, 6) is 2.54. The largest absolute Gasteiger partial charge is 0.496 e. The van der Waals surface area contributed by atoms with E-state index in [0.717, 1.165) is 34.6 Å². The van der Waals surface area contributed by atoms with Gasteiger partial charge in [0, 0.05) is 11.1 Å². The van der Waals surface area contributed by atoms with Crippen LogP contribution in [0.25, 0.3) is 11.3 Å². The van der Waals surface area contributed by atoms with Gasteiger partial charge in [-0.05, 0) is 30.9 Å². The third-order valence-electron chi connectivity index (χ3n) is 3.10. The molecule has 1 heterocycles. The van der Waals surface area contributed by atoms with Crippen molar-refractivity contribution in [3.8, 4) is 17.1 Å². The summed E-state index contributed by atoms with van der Waals surface area (Å²) in [4.78, 5) is 0. The lowest BCUT2D eigenvalue weighted by atomic mass is 9.99. The van der Waals surface area contributed by atoms with E-state index in [1.807, 2.05) is 25.1 Å². The molecule has 0 bridgehead atoms. The van der Waals surface area contributed by atoms with Crippen molar-refractivity contribution in [3.05, 3.63) is 29.3 Å². The van der Waals surface area contributed by atoms with Crippen molar-refractivity contribution >= 4 is 5.82 Å². The van der Waals surface area contributed by atoms with Gasteiger partial charge in [-0.3, -0.25) is 0 Å². The van der Waals surface area contributed by atoms with Crippen molar-refractivity contribution in [2.24, 2.45) is 5.92 Å². The minimum Gasteiger partial charge on any atom is -0.496 e. The van der Waals surface area contributed by atoms with Crippen LogP contribution in [0, 0.1) is 12.8 Å². The summed E-state index contributed by atoms with van der Waals surface area (Å²) in [5.41, 5.74) is 8.90. The lowest BCUT2D eigenvalue weighted by Crippen LogP contribution is -1.99. The fourth-order valence-corrected chi connectivity index (χ4v) is 2.12. The highest BCUT2D eigenvalue weighted by atomic mass is 16.5. The Morgan fingerprint density at radius 2 is 2.11 bits per heavy atom. The van der Waals surface area contributed by atoms with Gasteiger partial charge < -0.3 is 15.0 Å². The third-order valence-corrected chi connectivity index (χ3v) is 3.10. The molecule has 0 unspecified atom stereocenters. The molecule has 0 saturated carbocycles. The standard InChI is InChI=1S/C15H20N2O2/c1-9(2)7-12-14(19-17-15(12)16)11-6-5-10(3)13(8-11)18-4/h5-6,8-9H,7H2,1-4H3,(H2,16,17). The molecule has 1 aromatic carbocycles. The molecule has 2 N–H and O–H groups in total. The van der Waals surface area contributed by atoms with Crippen LogP contribution < -0.4 is 10.5 Å². The first-order valence-corrected chi connectivity index (χ1v) is 6.42. The molecule has 4 nitrogen and oxygen atoms in total. The van der Waals surface area contributed by atoms with E-state index in [1.54, 1.807) is 7.11 Å². The molecule has 0 fully saturated rings. The maximum atomic E-state index is 5.89. The number of benzene rings is 1. The molecule has 102 valence electrons. The molecule has 0 aliphatic heterocycles. The minimum absolute atomic E-state index is 0.475. The van der Waals surface area contributed by atoms with Gasteiger partial charge in [-0.25, -0.2) is 0 Å². The van der Waals surface area contributed by atoms with Crippen molar-refractivity contribution in [2.75, 3.05) is 12.8 Å². The van der Waals surface area contributed by atoms with Crippen LogP contribution in [0.15, 0.2) is 22.7 Å². The van der Waals surface area contributed by atoms with E-state index in [4.69, 9.17) is 15.0 Å². The van der Waals surface area contributed by atoms with E-state index >= 15 is 0 Å². The number of nitrogens with zero attached hydrogens (tertiary/aromatic N) is 1. The Balaban J connectivity index is 2.47. The number of hydrogen-bond acceptors (Lipinski definition) is 4. The van der Waals surface area contributed by atoms with Crippen molar-refractivity contribution in [1.82, 2.24) is 5.16 Å². The first-order chi connectivity index (χ1) is 9.02. The van der Waals surface area contributed by atoms with Crippen LogP contribution in [0.2, 0.25) is 0 Å². The van der Waals surface area contributed by atoms with Crippen LogP contribution in [-0.4, -0.2) is 12.3 Å². The van der Waals surface area contributed by atoms with Gasteiger partial charge in [-0.2, -0.15) is 0 Å². The van der Waals surface area contributed by atoms with E-state index in [1.165, 1.54) is 0 Å². The molecule has 0 atom stereocenters. The van der Waals surface area contributed by atoms with Crippen LogP contribution >= 0.6 is 0 Å². The molecule has 2 aromatic rings. The number of methoxy groups -OCH3 is 1. The van der Waals surface area contributed by atoms with Gasteiger partial charge in [-0.1, -0.05) is 31.1 Å². The zero-order chi connectivity index (χ0) is 14.0. The normalized spacial score (nSPS) is 11.0. The van der Waals surface area contributed by atoms with Gasteiger partial charge in [0.1, 0.15) is 5.75 Å². The Labute approximate surface area is 113 Å². The molecule has 0 aliphatic carbocycles. The van der Waals surface area contributed by atoms with E-state index in [0.29, 0.717) is 11.7 Å². The highest BCUT2D eigenvalue weighted by Gasteiger charge is 2.17. The van der Waals surface area contributed by atoms with E-state index in [9.17, 15) is 0 Å². The summed E-state index contributed by atoms with van der Waals surface area (Å²) < 4.78 is 10.7. The fourth-order valence-electron chi connectivity index (χ4n) is 2.12. The molecule has 0 saturated heterocycles. The maximum absolute atomic E-state index is 5.89. The third kappa shape index (κ3) is 2.72. The quantitative estimate of drug-likeness (QED) is 0.914. The van der Waals surface area contributed by atoms with Gasteiger partial charge in [0.25, 0.3) is 0 Å². The molecule has 0 amide bonds. The summed E-state index contributed by atoms with van der Waals surface area (Å²) >= 11 is 0. The van der Waals surface area contributed by atoms with Gasteiger partial charge in [-0.15, -0.1) is 0 Å². The fraction of sp³-hybridized carbons (Fsp3) is 0.400. The van der Waals surface area contributed by atoms with Crippen molar-refractivity contribution < 1.29 is 9.26 Å². The number of nitrogen functional groups attached to an aromatic ring is 1. The maximum Gasteiger partial charge on any atom is 0.172 e. The SMILES string of the molecule is COc1cc(-c2onc(N)c2CC(C)C)ccc1C. The van der Waals surface area contributed by atoms with Crippen LogP contribution in [-0.2, 0) is 6.42 Å². The first-order valence-electron chi connectivity index (χ1n) is 6.42. The second-order valence-electron chi connectivity index (χ2n) is 5.16.